The van der Waals surface area contributed by atoms with Crippen LogP contribution in [-0.2, 0) is 28.8 Å². The molecule has 0 aliphatic carbocycles. The summed E-state index contributed by atoms with van der Waals surface area (Å²) in [7, 11) is 0. The van der Waals surface area contributed by atoms with Gasteiger partial charge < -0.3 is 81.8 Å². The van der Waals surface area contributed by atoms with E-state index in [4.69, 9.17) is 0 Å². The fourth-order valence-corrected chi connectivity index (χ4v) is 19.2. The Balaban J connectivity index is 0.00000170. The van der Waals surface area contributed by atoms with Crippen molar-refractivity contribution < 1.29 is 52.2 Å². The molecule has 0 saturated carbocycles. The summed E-state index contributed by atoms with van der Waals surface area (Å²) in [4.78, 5) is 99.8. The summed E-state index contributed by atoms with van der Waals surface area (Å²) in [5.41, 5.74) is 2.43. The number of aliphatic hydroxyl groups excluding tert-OH is 1. The van der Waals surface area contributed by atoms with Crippen LogP contribution in [0.1, 0.15) is 510 Å². The van der Waals surface area contributed by atoms with Gasteiger partial charge in [0.1, 0.15) is 6.17 Å². The van der Waals surface area contributed by atoms with Crippen LogP contribution in [0.3, 0.4) is 0 Å². The number of H-pyrrole nitrogens is 1. The first-order valence-electron chi connectivity index (χ1n) is 57.4. The van der Waals surface area contributed by atoms with Crippen molar-refractivity contribution in [2.45, 2.75) is 603 Å². The number of hydrogen-bond acceptors (Lipinski definition) is 17. The van der Waals surface area contributed by atoms with Gasteiger partial charge in [-0.25, -0.2) is 13.2 Å². The number of unbranched alkanes of at least 4 members (excludes halogenated alkanes) is 7. The SMILES string of the molecule is C.CC(C)(C)CCCCC(NC(C)(C)C)C(=O)N1CC(C)(O)C1.CC(C)(C)CCCCC(NC(C)(C)C)C(=O)N1CC(F)(F)C1.CC(C)(C)CCCCC(NC(C)(C)C)C(=O)N1CC(F)C1.CC(C)(C)CCCCC(NC(C)(C)C)C(=O)N1CC(O)C1.CC(C)(C)CCCCC(NC(C)(C)C)C(=O)N1CCC1.CC(C)(C)CCCCC(NC(C)(C)C)c1csc(=O)[nH]1.CC1CN(C(=O)C(CCCCC(C)(C)C)NC(C)(C)C)C1. The highest BCUT2D eigenvalue weighted by molar-refractivity contribution is 7.07. The molecular weight excluding hydrogens is 1880 g/mol. The number of thiazole rings is 1. The second kappa shape index (κ2) is 62.1. The number of halogens is 3. The summed E-state index contributed by atoms with van der Waals surface area (Å²) in [6.07, 6.45) is 30.3. The van der Waals surface area contributed by atoms with Crippen LogP contribution in [0.2, 0.25) is 0 Å². The second-order valence-corrected chi connectivity index (χ2v) is 61.7. The lowest BCUT2D eigenvalue weighted by atomic mass is 9.88. The predicted molar refractivity (Wildman–Crippen MR) is 623 cm³/mol. The minimum atomic E-state index is -2.70. The Morgan fingerprint density at radius 1 is 0.345 bits per heavy atom. The monoisotopic (exact) mass is 2120 g/mol. The van der Waals surface area contributed by atoms with Crippen LogP contribution >= 0.6 is 11.3 Å². The van der Waals surface area contributed by atoms with E-state index in [1.54, 1.807) is 21.6 Å². The molecule has 148 heavy (non-hydrogen) atoms. The van der Waals surface area contributed by atoms with Crippen LogP contribution in [0, 0.1) is 43.8 Å². The van der Waals surface area contributed by atoms with Crippen LogP contribution in [0.15, 0.2) is 10.2 Å². The Hall–Kier alpha value is -4.32. The lowest BCUT2D eigenvalue weighted by Gasteiger charge is -2.46. The van der Waals surface area contributed by atoms with Crippen molar-refractivity contribution in [3.05, 3.63) is 20.7 Å². The highest BCUT2D eigenvalue weighted by Gasteiger charge is 2.49. The van der Waals surface area contributed by atoms with Gasteiger partial charge in [-0.1, -0.05) is 261 Å². The highest BCUT2D eigenvalue weighted by atomic mass is 32.1. The molecular formula is C121H239F3N14O9S. The standard InChI is InChI=1S/C18H36N2O2.C18H36N2O.C17H32F2N2O.C17H33FN2O.C17H34N2O2.C17H34N2O.C16H30N2OS.CH4/c1-16(2,3)11-9-8-10-14(19-17(4,5)6)15(21)20-12-18(7,22)13-20;1-14-12-20(13-14)16(21)15(19-18(5,6)7)10-8-9-11-17(2,3)4;1-15(2,3)10-8-7-9-13(20-16(4,5)6)14(22)21-11-17(18,19)12-21;1-16(2,3)10-8-7-9-14(19-17(4,5)6)15(21)20-11-13(18)12-20;1-16(2,3)10-8-7-9-14(18-17(4,5)6)15(21)19-11-13(20)12-19;1-16(2,3)11-8-7-10-14(18-17(4,5)6)15(20)19-12-9-13-19;1-15(2,3)10-8-7-9-12(18-16(4,5)6)13-11-20-14(19)17-13;/h14,19,22H,8-13H2,1-7H3;14-15,19H,8-13H2,1-7H3;13,20H,7-12H2,1-6H3;13-14,19H,7-12H2,1-6H3;13-14,18,20H,7-12H2,1-6H3;14,18H,7-13H2,1-6H3;11-12,18H,7-10H2,1-6H3,(H,17,19);1H4. The Morgan fingerprint density at radius 3 is 0.743 bits per heavy atom. The summed E-state index contributed by atoms with van der Waals surface area (Å²) >= 11 is 1.25. The normalized spacial score (nSPS) is 18.1. The van der Waals surface area contributed by atoms with Gasteiger partial charge in [-0.05, 0) is 292 Å². The van der Waals surface area contributed by atoms with Crippen molar-refractivity contribution in [1.82, 2.24) is 71.6 Å². The Morgan fingerprint density at radius 2 is 0.561 bits per heavy atom. The number of carbonyl (C=O) groups is 6. The first-order chi connectivity index (χ1) is 66.2. The van der Waals surface area contributed by atoms with E-state index in [-0.39, 0.29) is 142 Å². The van der Waals surface area contributed by atoms with E-state index < -0.39 is 30.8 Å². The number of aromatic amines is 1. The molecule has 6 aliphatic rings. The minimum absolute atomic E-state index is 0. The summed E-state index contributed by atoms with van der Waals surface area (Å²) in [5, 5.41) is 45.4. The lowest BCUT2D eigenvalue weighted by molar-refractivity contribution is -0.168. The summed E-state index contributed by atoms with van der Waals surface area (Å²) in [5.74, 6) is -1.26. The van der Waals surface area contributed by atoms with Crippen LogP contribution in [0.4, 0.5) is 13.2 Å². The number of hydrogen-bond donors (Lipinski definition) is 10. The molecule has 7 unspecified atom stereocenters. The number of alkyl halides is 3. The maximum Gasteiger partial charge on any atom is 0.304 e. The summed E-state index contributed by atoms with van der Waals surface area (Å²) < 4.78 is 38.9. The van der Waals surface area contributed by atoms with Crippen molar-refractivity contribution in [2.24, 2.45) is 43.8 Å². The van der Waals surface area contributed by atoms with Gasteiger partial charge in [0.25, 0.3) is 5.92 Å². The number of amides is 6. The number of nitrogens with zero attached hydrogens (tertiary/aromatic N) is 6. The number of nitrogens with one attached hydrogen (secondary N) is 8. The third-order valence-electron chi connectivity index (χ3n) is 26.0. The van der Waals surface area contributed by atoms with Crippen LogP contribution in [-0.4, -0.2) is 257 Å². The molecule has 0 radical (unpaired) electrons. The van der Waals surface area contributed by atoms with E-state index >= 15 is 0 Å². The molecule has 6 amide bonds. The fraction of sp³-hybridized carbons (Fsp3) is 0.926. The summed E-state index contributed by atoms with van der Waals surface area (Å²) in [6.45, 7) is 101. The molecule has 6 saturated heterocycles. The maximum absolute atomic E-state index is 13.0. The lowest BCUT2D eigenvalue weighted by Crippen LogP contribution is -2.65. The zero-order chi connectivity index (χ0) is 114. The van der Waals surface area contributed by atoms with E-state index in [2.05, 4.69) is 319 Å². The molecule has 0 spiro atoms. The van der Waals surface area contributed by atoms with Gasteiger partial charge >= 0.3 is 4.87 Å². The number of β-amino-alcohol motifs (C(OH)–C–C–N with tert-alkyl or cyclic N) is 2. The first-order valence-corrected chi connectivity index (χ1v) is 58.3. The molecule has 6 aliphatic heterocycles. The molecule has 0 bridgehead atoms. The average Bonchev–Trinajstić information content (AvgIpc) is 0.883. The highest BCUT2D eigenvalue weighted by Crippen LogP contribution is 2.35. The molecule has 23 nitrogen and oxygen atoms in total. The topological polar surface area (TPSA) is 279 Å². The van der Waals surface area contributed by atoms with Crippen molar-refractivity contribution in [2.75, 3.05) is 78.5 Å². The van der Waals surface area contributed by atoms with Crippen molar-refractivity contribution in [1.29, 1.82) is 0 Å². The molecule has 10 N–H and O–H groups in total. The Kier molecular flexibility index (Phi) is 60.3. The Bertz CT molecular complexity index is 3690. The zero-order valence-electron chi connectivity index (χ0n) is 103. The van der Waals surface area contributed by atoms with Crippen molar-refractivity contribution >= 4 is 46.8 Å². The quantitative estimate of drug-likeness (QED) is 0.0272. The van der Waals surface area contributed by atoms with Gasteiger partial charge in [0.05, 0.1) is 87.2 Å². The third-order valence-corrected chi connectivity index (χ3v) is 26.7. The zero-order valence-corrected chi connectivity index (χ0v) is 104. The number of rotatable bonds is 42. The fourth-order valence-electron chi connectivity index (χ4n) is 18.6. The van der Waals surface area contributed by atoms with Crippen LogP contribution < -0.4 is 42.1 Å². The smallest absolute Gasteiger partial charge is 0.304 e. The van der Waals surface area contributed by atoms with E-state index in [0.29, 0.717) is 82.8 Å². The van der Waals surface area contributed by atoms with Crippen molar-refractivity contribution in [3.8, 4) is 0 Å². The summed E-state index contributed by atoms with van der Waals surface area (Å²) in [6, 6.07) is -0.594. The van der Waals surface area contributed by atoms with E-state index in [0.717, 1.165) is 147 Å². The largest absolute Gasteiger partial charge is 0.389 e. The first kappa shape index (κ1) is 144. The molecule has 6 fully saturated rings. The molecule has 7 atom stereocenters. The van der Waals surface area contributed by atoms with Gasteiger partial charge in [-0.3, -0.25) is 33.6 Å². The molecule has 1 aromatic heterocycles. The van der Waals surface area contributed by atoms with Gasteiger partial charge in [0, 0.05) is 95.2 Å². The van der Waals surface area contributed by atoms with Gasteiger partial charge in [-0.2, -0.15) is 0 Å². The van der Waals surface area contributed by atoms with E-state index in [1.807, 2.05) is 36.0 Å². The maximum atomic E-state index is 13.0. The van der Waals surface area contributed by atoms with Crippen LogP contribution in [0.5, 0.6) is 0 Å². The molecule has 1 aromatic rings. The average molecular weight is 2120 g/mol. The van der Waals surface area contributed by atoms with Crippen molar-refractivity contribution in [3.63, 3.8) is 0 Å². The molecule has 27 heteroatoms. The minimum Gasteiger partial charge on any atom is -0.389 e. The van der Waals surface area contributed by atoms with Crippen LogP contribution in [0.25, 0.3) is 0 Å². The number of likely N-dealkylation sites (tertiary alicyclic amines) is 6. The molecule has 0 aromatic carbocycles. The Labute approximate surface area is 911 Å². The second-order valence-electron chi connectivity index (χ2n) is 60.9. The third kappa shape index (κ3) is 71.8. The molecule has 7 rings (SSSR count). The number of aliphatic hydroxyl groups is 2. The van der Waals surface area contributed by atoms with Gasteiger partial charge in [0.15, 0.2) is 0 Å². The molecule has 874 valence electrons. The number of carbonyl (C=O) groups excluding carboxylic acids is 6. The predicted octanol–water partition coefficient (Wildman–Crippen LogP) is 25.4. The van der Waals surface area contributed by atoms with Gasteiger partial charge in [0.2, 0.25) is 35.4 Å². The van der Waals surface area contributed by atoms with E-state index in [1.165, 1.54) is 80.4 Å². The molecule has 7 heterocycles. The van der Waals surface area contributed by atoms with Gasteiger partial charge in [-0.15, -0.1) is 0 Å². The van der Waals surface area contributed by atoms with E-state index in [9.17, 15) is 56.9 Å². The number of aromatic nitrogens is 1.